The summed E-state index contributed by atoms with van der Waals surface area (Å²) in [6, 6.07) is 17.9. The summed E-state index contributed by atoms with van der Waals surface area (Å²) in [6.07, 6.45) is 12.1. The molecule has 808 valence electrons. The standard InChI is InChI=1S/C28H33F2N5O3.C22H29FN4O4.C18H32BNO4.C17H21FN4O2.C11H13FNO.C10H9ClFN3O2.Li.H2O/c1-6-32-21(17-7-9-19(29)10-8-17)14-23(36)35-15(2)11-18(12-16(35)3)28-33-25-20(27(31)34-28)13-22(37-4)26(38-5)24(25)30;1-11-8-13(9-12(2)27(11)21(28)31-22(3,4)5)20-25-17-14(19(24)26-20)10-15(29-6)18(30-7)16(17)23;1-12-10-14(19-23-17(6,7)18(8,9)24-19)11-13(2)20(12)15(21)22-16(3,4)5;1-8-5-10(6-9(2)20-8)17-21-14-11(16(19)22-17)7-12(23-3)15(24-4)13(14)18;1-2-13-11(7-8-14)9-3-5-10(12)6-4-9;1-16-5-3-4-7(6(12)8(5)17-2)14-10(11)15-9(4)13;;/h7-11,13,15-16,21,32H,6,12,14H2,1-5H3,(H2,31,33,34);8,10-12H,9H2,1-7H3,(H2,24,25,26);10,12-13H,11H2,1-9H3;5,7-9,20H,6H2,1-4H3,(H2,19,21,22);3-6,11,13H,2,7H2,1H3;3H,1-2H3,(H2,13,14,15);;1H2/q;;;;-1;;+1;/p-1/t15?,16?,21-;;;;11-;;;/m1...1.../s1. The van der Waals surface area contributed by atoms with Crippen molar-refractivity contribution in [2.24, 2.45) is 0 Å². The number of methoxy groups -OCH3 is 8. The fraction of sp³-hybridized carbons (Fsp3) is 0.472. The predicted molar refractivity (Wildman–Crippen MR) is 564 cm³/mol. The number of hydrogen-bond donors (Lipinski definition) is 7. The minimum absolute atomic E-state index is 0. The largest absolute Gasteiger partial charge is 1.00 e. The first kappa shape index (κ1) is 122. The molecular weight excluding hydrogens is 1960 g/mol. The molecule has 0 saturated carbocycles. The van der Waals surface area contributed by atoms with Gasteiger partial charge in [-0.05, 0) is 257 Å². The van der Waals surface area contributed by atoms with Gasteiger partial charge >= 0.3 is 38.2 Å². The van der Waals surface area contributed by atoms with Crippen LogP contribution in [-0.2, 0) is 28.4 Å². The third kappa shape index (κ3) is 29.1. The number of fused-ring (bicyclic) bond motifs is 4. The van der Waals surface area contributed by atoms with Crippen molar-refractivity contribution in [1.82, 2.24) is 70.5 Å². The molecule has 44 heteroatoms. The zero-order valence-electron chi connectivity index (χ0n) is 90.6. The second-order valence-corrected chi connectivity index (χ2v) is 39.6. The molecular formula is C106H138BClF6LiN18O17-. The number of ether oxygens (including phenoxy) is 10. The van der Waals surface area contributed by atoms with Crippen LogP contribution in [0.15, 0.2) is 103 Å². The molecule has 12 N–H and O–H groups in total. The number of anilines is 4. The summed E-state index contributed by atoms with van der Waals surface area (Å²) in [5.74, 6) is -0.863. The van der Waals surface area contributed by atoms with Crippen LogP contribution in [0.4, 0.5) is 59.2 Å². The Morgan fingerprint density at radius 3 is 1.11 bits per heavy atom. The molecule has 1 fully saturated rings. The first-order chi connectivity index (χ1) is 69.7. The summed E-state index contributed by atoms with van der Waals surface area (Å²) in [4.78, 5) is 88.2. The van der Waals surface area contributed by atoms with Crippen molar-refractivity contribution in [1.29, 1.82) is 0 Å². The first-order valence-corrected chi connectivity index (χ1v) is 48.8. The normalized spacial score (nSPS) is 19.0. The monoisotopic (exact) mass is 2100 g/mol. The number of rotatable bonds is 22. The van der Waals surface area contributed by atoms with E-state index >= 15 is 8.78 Å². The van der Waals surface area contributed by atoms with Crippen molar-refractivity contribution in [2.45, 2.75) is 260 Å². The Balaban J connectivity index is 0.000000224. The van der Waals surface area contributed by atoms with E-state index < -0.39 is 34.5 Å². The first-order valence-electron chi connectivity index (χ1n) is 48.5. The van der Waals surface area contributed by atoms with E-state index in [1.807, 2.05) is 126 Å². The molecule has 35 nitrogen and oxygen atoms in total. The molecule has 1 saturated heterocycles. The van der Waals surface area contributed by atoms with Crippen LogP contribution in [0.1, 0.15) is 218 Å². The van der Waals surface area contributed by atoms with Crippen molar-refractivity contribution in [2.75, 3.05) is 92.9 Å². The van der Waals surface area contributed by atoms with Gasteiger partial charge in [-0.1, -0.05) is 62.4 Å². The number of carbonyl (C=O) groups is 3. The molecule has 0 radical (unpaired) electrons. The third-order valence-corrected chi connectivity index (χ3v) is 25.6. The van der Waals surface area contributed by atoms with Gasteiger partial charge in [0.15, 0.2) is 86.7 Å². The van der Waals surface area contributed by atoms with Crippen molar-refractivity contribution >= 4 is 127 Å². The quantitative estimate of drug-likeness (QED) is 0.0143. The predicted octanol–water partition coefficient (Wildman–Crippen LogP) is 16.1. The van der Waals surface area contributed by atoms with Gasteiger partial charge in [-0.15, -0.1) is 6.42 Å². The van der Waals surface area contributed by atoms with Gasteiger partial charge < -0.3 is 111 Å². The van der Waals surface area contributed by atoms with E-state index in [0.717, 1.165) is 52.7 Å². The van der Waals surface area contributed by atoms with Gasteiger partial charge in [0.2, 0.25) is 11.2 Å². The molecule has 150 heavy (non-hydrogen) atoms. The minimum Gasteiger partial charge on any atom is -0.870 e. The molecule has 10 aromatic rings. The average Bonchev–Trinajstić information content (AvgIpc) is 1.68. The van der Waals surface area contributed by atoms with Crippen LogP contribution in [0.3, 0.4) is 0 Å². The summed E-state index contributed by atoms with van der Waals surface area (Å²) in [7, 11) is 10.8. The molecule has 6 aromatic carbocycles. The molecule has 8 unspecified atom stereocenters. The number of nitrogens with two attached hydrogens (primary N) is 4. The maximum Gasteiger partial charge on any atom is 1.00 e. The summed E-state index contributed by atoms with van der Waals surface area (Å²) in [6.45, 7) is 40.6. The molecule has 15 rings (SSSR count). The average molecular weight is 2100 g/mol. The van der Waals surface area contributed by atoms with Crippen LogP contribution in [0, 0.1) is 34.9 Å². The summed E-state index contributed by atoms with van der Waals surface area (Å²) >= 11 is 5.62. The van der Waals surface area contributed by atoms with E-state index in [9.17, 15) is 36.7 Å². The van der Waals surface area contributed by atoms with Crippen molar-refractivity contribution in [3.05, 3.63) is 171 Å². The number of nitrogens with one attached hydrogen (secondary N) is 3. The van der Waals surface area contributed by atoms with Gasteiger partial charge in [-0.2, -0.15) is 0 Å². The number of halogens is 7. The molecule has 0 bridgehead atoms. The number of aromatic nitrogens is 8. The summed E-state index contributed by atoms with van der Waals surface area (Å²) < 4.78 is 150. The SMILES string of the molecule is CC1C=C(B2OC(C)(C)C(C)(C)O2)CC(C)N1C(=O)OC(C)(C)C.CCN[C@H](CC(=O)N1C(C)C=C(c2nc(N)c3cc(OC)c(OC)c(F)c3n2)CC1C)c1ccc(F)cc1.CCN[C@H](C[C-]=O)c1ccc(F)cc1.COc1cc2c(N)nc(C3=CC(C)N(C(=O)OC(C)(C)C)C(C)C3)nc2c(F)c1OC.COc1cc2c(N)nc(C3=CC(C)NC(C)C3)nc2c(F)c1OC.COc1cc2c(N)nc(Cl)nc2c(F)c1OC.[Li+].[OH-]. The fourth-order valence-electron chi connectivity index (χ4n) is 18.0. The Morgan fingerprint density at radius 1 is 0.473 bits per heavy atom. The maximum absolute atomic E-state index is 15.3. The molecule has 4 aromatic heterocycles. The minimum atomic E-state index is -0.683. The maximum atomic E-state index is 15.3. The van der Waals surface area contributed by atoms with E-state index in [0.29, 0.717) is 64.8 Å². The summed E-state index contributed by atoms with van der Waals surface area (Å²) in [5, 5.41) is 11.1. The zero-order chi connectivity index (χ0) is 110. The van der Waals surface area contributed by atoms with Crippen LogP contribution < -0.4 is 95.6 Å². The van der Waals surface area contributed by atoms with E-state index in [4.69, 9.17) is 91.2 Å². The van der Waals surface area contributed by atoms with Crippen LogP contribution in [-0.4, -0.2) is 232 Å². The van der Waals surface area contributed by atoms with Gasteiger partial charge in [0.1, 0.15) is 68.2 Å². The fourth-order valence-corrected chi connectivity index (χ4v) is 18.2. The smallest absolute Gasteiger partial charge is 0.870 e. The van der Waals surface area contributed by atoms with Crippen molar-refractivity contribution < 1.29 is 127 Å². The number of benzene rings is 6. The third-order valence-electron chi connectivity index (χ3n) is 25.4. The number of nitrogens with zero attached hydrogens (tertiary/aromatic N) is 11. The van der Waals surface area contributed by atoms with Gasteiger partial charge in [-0.25, -0.2) is 75.8 Å². The molecule has 9 heterocycles. The Morgan fingerprint density at radius 2 is 0.793 bits per heavy atom. The van der Waals surface area contributed by atoms with Crippen LogP contribution in [0.25, 0.3) is 60.3 Å². The molecule has 0 spiro atoms. The van der Waals surface area contributed by atoms with Gasteiger partial charge in [-0.3, -0.25) is 20.9 Å². The number of carbonyl (C=O) groups excluding carboxylic acids is 4. The Bertz CT molecular complexity index is 6580. The van der Waals surface area contributed by atoms with Crippen LogP contribution in [0.5, 0.6) is 46.0 Å². The molecule has 5 aliphatic heterocycles. The van der Waals surface area contributed by atoms with Crippen LogP contribution >= 0.6 is 11.6 Å². The van der Waals surface area contributed by atoms with Crippen molar-refractivity contribution in [3.8, 4) is 46.0 Å². The topological polar surface area (TPSA) is 462 Å². The van der Waals surface area contributed by atoms with E-state index in [1.54, 1.807) is 52.3 Å². The van der Waals surface area contributed by atoms with Crippen molar-refractivity contribution in [3.63, 3.8) is 0 Å². The van der Waals surface area contributed by atoms with Gasteiger partial charge in [0.25, 0.3) is 0 Å². The second-order valence-electron chi connectivity index (χ2n) is 39.3. The molecule has 5 aliphatic rings. The van der Waals surface area contributed by atoms with E-state index in [1.165, 1.54) is 87.2 Å². The Hall–Kier alpha value is -12.8. The van der Waals surface area contributed by atoms with Crippen LogP contribution in [0.2, 0.25) is 5.28 Å². The molecule has 0 aliphatic carbocycles. The Kier molecular flexibility index (Phi) is 42.7. The summed E-state index contributed by atoms with van der Waals surface area (Å²) in [5.41, 5.74) is 27.9. The van der Waals surface area contributed by atoms with E-state index in [-0.39, 0.29) is 236 Å². The zero-order valence-corrected chi connectivity index (χ0v) is 91.4. The number of hydrogen-bond acceptors (Lipinski definition) is 32. The number of nitrogen functional groups attached to an aromatic ring is 4. The van der Waals surface area contributed by atoms with Gasteiger partial charge in [0, 0.05) is 76.3 Å². The van der Waals surface area contributed by atoms with E-state index in [2.05, 4.69) is 103 Å². The second kappa shape index (κ2) is 52.3. The number of amides is 3. The molecule has 10 atom stereocenters. The Labute approximate surface area is 888 Å². The van der Waals surface area contributed by atoms with Gasteiger partial charge in [0.05, 0.1) is 80.2 Å². The molecule has 3 amide bonds.